The first-order chi connectivity index (χ1) is 21.6. The van der Waals surface area contributed by atoms with Crippen LogP contribution in [0.5, 0.6) is 0 Å². The van der Waals surface area contributed by atoms with Crippen LogP contribution in [0.15, 0.2) is 73.8 Å². The van der Waals surface area contributed by atoms with E-state index < -0.39 is 35.6 Å². The van der Waals surface area contributed by atoms with Crippen LogP contribution >= 0.6 is 15.9 Å². The number of carbonyl (C=O) groups excluding carboxylic acids is 3. The van der Waals surface area contributed by atoms with E-state index in [2.05, 4.69) is 29.1 Å². The van der Waals surface area contributed by atoms with E-state index in [-0.39, 0.29) is 35.7 Å². The van der Waals surface area contributed by atoms with Gasteiger partial charge < -0.3 is 24.5 Å². The molecule has 1 N–H and O–H groups in total. The van der Waals surface area contributed by atoms with E-state index in [1.165, 1.54) is 0 Å². The Labute approximate surface area is 274 Å². The summed E-state index contributed by atoms with van der Waals surface area (Å²) in [5.74, 6) is -2.43. The number of carbonyl (C=O) groups is 3. The Morgan fingerprint density at radius 2 is 1.76 bits per heavy atom. The van der Waals surface area contributed by atoms with Gasteiger partial charge in [0.1, 0.15) is 11.6 Å². The zero-order valence-corrected chi connectivity index (χ0v) is 28.0. The number of nitrogens with zero attached hydrogens (tertiary/aromatic N) is 3. The van der Waals surface area contributed by atoms with Gasteiger partial charge in [0.25, 0.3) is 5.91 Å². The molecular formula is C36H44BrN3O5. The second-order valence-electron chi connectivity index (χ2n) is 12.5. The third kappa shape index (κ3) is 5.68. The molecule has 3 saturated heterocycles. The normalized spacial score (nSPS) is 27.3. The van der Waals surface area contributed by atoms with Crippen molar-refractivity contribution in [3.8, 4) is 0 Å². The van der Waals surface area contributed by atoms with Crippen molar-refractivity contribution >= 4 is 39.3 Å². The zero-order valence-electron chi connectivity index (χ0n) is 26.4. The van der Waals surface area contributed by atoms with Gasteiger partial charge in [-0.2, -0.15) is 0 Å². The van der Waals surface area contributed by atoms with E-state index in [9.17, 15) is 14.7 Å². The fourth-order valence-electron chi connectivity index (χ4n) is 7.89. The number of fused-ring (bicyclic) bond motifs is 1. The van der Waals surface area contributed by atoms with Crippen LogP contribution in [-0.2, 0) is 25.5 Å². The minimum Gasteiger partial charge on any atom is -0.394 e. The summed E-state index contributed by atoms with van der Waals surface area (Å²) in [4.78, 5) is 48.9. The van der Waals surface area contributed by atoms with Crippen molar-refractivity contribution in [2.45, 2.75) is 68.6 Å². The van der Waals surface area contributed by atoms with Crippen molar-refractivity contribution < 1.29 is 24.2 Å². The molecule has 1 spiro atoms. The number of aliphatic hydroxyl groups excluding tert-OH is 1. The van der Waals surface area contributed by atoms with Gasteiger partial charge in [-0.3, -0.25) is 14.4 Å². The van der Waals surface area contributed by atoms with Crippen LogP contribution in [0.3, 0.4) is 0 Å². The molecule has 3 amide bonds. The lowest BCUT2D eigenvalue weighted by molar-refractivity contribution is -0.147. The Kier molecular flexibility index (Phi) is 10.0. The molecule has 3 heterocycles. The van der Waals surface area contributed by atoms with Gasteiger partial charge in [0.05, 0.1) is 30.6 Å². The molecule has 45 heavy (non-hydrogen) atoms. The molecule has 8 nitrogen and oxygen atoms in total. The smallest absolute Gasteiger partial charge is 0.253 e. The molecule has 3 unspecified atom stereocenters. The first kappa shape index (κ1) is 33.1. The highest BCUT2D eigenvalue weighted by molar-refractivity contribution is 9.09. The molecule has 0 aliphatic carbocycles. The molecule has 5 rings (SSSR count). The van der Waals surface area contributed by atoms with Crippen LogP contribution < -0.4 is 4.90 Å². The minimum absolute atomic E-state index is 0.166. The Morgan fingerprint density at radius 1 is 1.09 bits per heavy atom. The number of amides is 3. The molecule has 0 radical (unpaired) electrons. The van der Waals surface area contributed by atoms with Crippen molar-refractivity contribution in [2.24, 2.45) is 11.8 Å². The van der Waals surface area contributed by atoms with Gasteiger partial charge in [-0.1, -0.05) is 83.5 Å². The molecule has 2 bridgehead atoms. The van der Waals surface area contributed by atoms with Gasteiger partial charge in [-0.25, -0.2) is 0 Å². The van der Waals surface area contributed by atoms with Gasteiger partial charge >= 0.3 is 0 Å². The van der Waals surface area contributed by atoms with Crippen LogP contribution in [0.25, 0.3) is 0 Å². The topological polar surface area (TPSA) is 90.4 Å². The van der Waals surface area contributed by atoms with Gasteiger partial charge in [0.15, 0.2) is 0 Å². The van der Waals surface area contributed by atoms with Crippen LogP contribution in [0, 0.1) is 25.7 Å². The quantitative estimate of drug-likeness (QED) is 0.247. The Morgan fingerprint density at radius 3 is 2.36 bits per heavy atom. The van der Waals surface area contributed by atoms with E-state index in [0.717, 1.165) is 28.8 Å². The summed E-state index contributed by atoms with van der Waals surface area (Å²) in [5.41, 5.74) is 2.27. The number of rotatable bonds is 13. The van der Waals surface area contributed by atoms with E-state index in [0.29, 0.717) is 25.9 Å². The van der Waals surface area contributed by atoms with Gasteiger partial charge in [-0.15, -0.1) is 13.2 Å². The largest absolute Gasteiger partial charge is 0.394 e. The van der Waals surface area contributed by atoms with E-state index in [1.54, 1.807) is 26.9 Å². The first-order valence-corrected chi connectivity index (χ1v) is 16.7. The number of hydrogen-bond donors (Lipinski definition) is 1. The monoisotopic (exact) mass is 677 g/mol. The highest BCUT2D eigenvalue weighted by Gasteiger charge is 2.77. The maximum atomic E-state index is 15.1. The third-order valence-electron chi connectivity index (χ3n) is 9.61. The van der Waals surface area contributed by atoms with Crippen molar-refractivity contribution in [2.75, 3.05) is 31.1 Å². The van der Waals surface area contributed by atoms with E-state index in [1.807, 2.05) is 69.3 Å². The van der Waals surface area contributed by atoms with Crippen LogP contribution in [0.2, 0.25) is 0 Å². The number of anilines is 1. The fraction of sp³-hybridized carbons (Fsp3) is 0.472. The van der Waals surface area contributed by atoms with Gasteiger partial charge in [0.2, 0.25) is 11.8 Å². The van der Waals surface area contributed by atoms with Crippen molar-refractivity contribution in [3.05, 3.63) is 90.5 Å². The number of aryl methyl sites for hydroxylation is 2. The SMILES string of the molecule is C=CCN(CCC)C(=O)[C@H]1[C@H]2C(=O)N([C@@H](CO)Cc3ccccc3)C(C(=O)N(CC=C)c3c(C)cccc3C)C23CC(Br)[C@@H]1O3. The lowest BCUT2D eigenvalue weighted by Crippen LogP contribution is -2.59. The third-order valence-corrected chi connectivity index (χ3v) is 10.5. The number of aliphatic hydroxyl groups is 1. The number of halogens is 1. The summed E-state index contributed by atoms with van der Waals surface area (Å²) in [6.45, 7) is 14.4. The van der Waals surface area contributed by atoms with Gasteiger partial charge in [-0.05, 0) is 49.8 Å². The minimum atomic E-state index is -1.25. The predicted molar refractivity (Wildman–Crippen MR) is 179 cm³/mol. The Balaban J connectivity index is 1.66. The molecule has 0 aromatic heterocycles. The number of para-hydroxylation sites is 1. The number of hydrogen-bond acceptors (Lipinski definition) is 5. The summed E-state index contributed by atoms with van der Waals surface area (Å²) >= 11 is 3.79. The number of ether oxygens (including phenoxy) is 1. The molecule has 3 aliphatic rings. The predicted octanol–water partition coefficient (Wildman–Crippen LogP) is 4.60. The van der Waals surface area contributed by atoms with Crippen molar-refractivity contribution in [1.29, 1.82) is 0 Å². The summed E-state index contributed by atoms with van der Waals surface area (Å²) in [5, 5.41) is 10.8. The maximum Gasteiger partial charge on any atom is 0.253 e. The standard InChI is InChI=1S/C36H44BrN3O5/c1-6-17-38(18-7-2)33(42)28-29-34(43)40(26(22-41)20-25-15-10-9-11-16-25)32(36(29)21-27(37)31(28)45-36)35(44)39(19-8-3)30-23(4)13-12-14-24(30)5/h6,8-16,26-29,31-32,41H,1,3,7,17-22H2,2,4-5H3/t26-,27?,28+,29+,31+,32?,36?/m1/s1. The Hall–Kier alpha value is -3.27. The Bertz CT molecular complexity index is 1430. The fourth-order valence-corrected chi connectivity index (χ4v) is 8.83. The molecule has 0 saturated carbocycles. The number of likely N-dealkylation sites (tertiary alicyclic amines) is 1. The average molecular weight is 679 g/mol. The zero-order chi connectivity index (χ0) is 32.5. The second kappa shape index (κ2) is 13.6. The number of benzene rings is 2. The van der Waals surface area contributed by atoms with Crippen LogP contribution in [-0.4, -0.2) is 87.5 Å². The highest BCUT2D eigenvalue weighted by Crippen LogP contribution is 2.61. The summed E-state index contributed by atoms with van der Waals surface area (Å²) < 4.78 is 6.80. The lowest BCUT2D eigenvalue weighted by atomic mass is 9.70. The van der Waals surface area contributed by atoms with Crippen LogP contribution in [0.4, 0.5) is 5.69 Å². The van der Waals surface area contributed by atoms with Crippen LogP contribution in [0.1, 0.15) is 36.5 Å². The first-order valence-electron chi connectivity index (χ1n) is 15.8. The molecule has 3 aliphatic heterocycles. The summed E-state index contributed by atoms with van der Waals surface area (Å²) in [6, 6.07) is 13.7. The molecule has 7 atom stereocenters. The molecular weight excluding hydrogens is 634 g/mol. The molecule has 3 fully saturated rings. The average Bonchev–Trinajstić information content (AvgIpc) is 3.62. The van der Waals surface area contributed by atoms with Crippen molar-refractivity contribution in [1.82, 2.24) is 9.80 Å². The second-order valence-corrected chi connectivity index (χ2v) is 13.7. The molecule has 240 valence electrons. The molecule has 2 aromatic carbocycles. The summed E-state index contributed by atoms with van der Waals surface area (Å²) in [6.07, 6.45) is 4.29. The molecule has 2 aromatic rings. The molecule has 9 heteroatoms. The van der Waals surface area contributed by atoms with Crippen molar-refractivity contribution in [3.63, 3.8) is 0 Å². The van der Waals surface area contributed by atoms with E-state index >= 15 is 4.79 Å². The summed E-state index contributed by atoms with van der Waals surface area (Å²) in [7, 11) is 0. The highest BCUT2D eigenvalue weighted by atomic mass is 79.9. The van der Waals surface area contributed by atoms with Gasteiger partial charge in [0, 0.05) is 30.1 Å². The van der Waals surface area contributed by atoms with E-state index in [4.69, 9.17) is 4.74 Å². The maximum absolute atomic E-state index is 15.1. The number of alkyl halides is 1. The lowest BCUT2D eigenvalue weighted by Gasteiger charge is -2.40.